The summed E-state index contributed by atoms with van der Waals surface area (Å²) in [6.07, 6.45) is 0. The van der Waals surface area contributed by atoms with Crippen LogP contribution in [0, 0.1) is 0 Å². The Morgan fingerprint density at radius 3 is 2.65 bits per heavy atom. The van der Waals surface area contributed by atoms with Crippen molar-refractivity contribution in [3.05, 3.63) is 33.6 Å². The summed E-state index contributed by atoms with van der Waals surface area (Å²) < 4.78 is 0. The number of thiazole rings is 1. The van der Waals surface area contributed by atoms with Crippen molar-refractivity contribution in [1.29, 1.82) is 0 Å². The molecule has 1 saturated heterocycles. The van der Waals surface area contributed by atoms with Crippen LogP contribution in [0.25, 0.3) is 11.3 Å². The zero-order valence-electron chi connectivity index (χ0n) is 12.6. The van der Waals surface area contributed by atoms with E-state index in [1.165, 1.54) is 11.3 Å². The van der Waals surface area contributed by atoms with Gasteiger partial charge in [0.15, 0.2) is 10.2 Å². The predicted molar refractivity (Wildman–Crippen MR) is 103 cm³/mol. The summed E-state index contributed by atoms with van der Waals surface area (Å²) in [7, 11) is 2.12. The Hall–Kier alpha value is -0.920. The molecule has 0 aliphatic carbocycles. The van der Waals surface area contributed by atoms with Crippen LogP contribution in [0.5, 0.6) is 0 Å². The average Bonchev–Trinajstić information content (AvgIpc) is 2.99. The SMILES string of the molecule is CN1CCN(C(=S)Nc2nc(-c3ccc(Cl)c(Cl)c3)cs2)CC1. The molecular formula is C15H16Cl2N4S2. The van der Waals surface area contributed by atoms with E-state index in [4.69, 9.17) is 35.4 Å². The van der Waals surface area contributed by atoms with Gasteiger partial charge in [-0.15, -0.1) is 11.3 Å². The molecule has 23 heavy (non-hydrogen) atoms. The van der Waals surface area contributed by atoms with Gasteiger partial charge in [-0.25, -0.2) is 4.98 Å². The molecule has 0 spiro atoms. The monoisotopic (exact) mass is 386 g/mol. The van der Waals surface area contributed by atoms with Crippen molar-refractivity contribution in [2.45, 2.75) is 0 Å². The Balaban J connectivity index is 1.67. The summed E-state index contributed by atoms with van der Waals surface area (Å²) in [5.41, 5.74) is 1.80. The summed E-state index contributed by atoms with van der Waals surface area (Å²) in [5.74, 6) is 0. The van der Waals surface area contributed by atoms with Crippen molar-refractivity contribution in [2.24, 2.45) is 0 Å². The number of rotatable bonds is 2. The van der Waals surface area contributed by atoms with Crippen molar-refractivity contribution >= 4 is 57.0 Å². The molecule has 4 nitrogen and oxygen atoms in total. The van der Waals surface area contributed by atoms with Crippen LogP contribution >= 0.6 is 46.8 Å². The lowest BCUT2D eigenvalue weighted by atomic mass is 10.2. The number of nitrogens with one attached hydrogen (secondary N) is 1. The number of hydrogen-bond acceptors (Lipinski definition) is 4. The maximum Gasteiger partial charge on any atom is 0.189 e. The number of hydrogen-bond donors (Lipinski definition) is 1. The fourth-order valence-corrected chi connectivity index (χ4v) is 3.66. The smallest absolute Gasteiger partial charge is 0.189 e. The molecule has 0 unspecified atom stereocenters. The number of likely N-dealkylation sites (N-methyl/N-ethyl adjacent to an activating group) is 1. The lowest BCUT2D eigenvalue weighted by Gasteiger charge is -2.33. The van der Waals surface area contributed by atoms with Crippen molar-refractivity contribution < 1.29 is 0 Å². The van der Waals surface area contributed by atoms with E-state index in [9.17, 15) is 0 Å². The number of nitrogens with zero attached hydrogens (tertiary/aromatic N) is 3. The third kappa shape index (κ3) is 4.14. The van der Waals surface area contributed by atoms with Crippen molar-refractivity contribution in [1.82, 2.24) is 14.8 Å². The number of thiocarbonyl (C=S) groups is 1. The maximum atomic E-state index is 6.06. The van der Waals surface area contributed by atoms with Gasteiger partial charge in [-0.05, 0) is 31.4 Å². The number of anilines is 1. The lowest BCUT2D eigenvalue weighted by molar-refractivity contribution is 0.217. The highest BCUT2D eigenvalue weighted by Crippen LogP contribution is 2.30. The van der Waals surface area contributed by atoms with Crippen LogP contribution in [-0.2, 0) is 0 Å². The van der Waals surface area contributed by atoms with Gasteiger partial charge in [-0.1, -0.05) is 29.3 Å². The van der Waals surface area contributed by atoms with Gasteiger partial charge in [0.1, 0.15) is 0 Å². The molecule has 0 amide bonds. The minimum atomic E-state index is 0.527. The number of piperazine rings is 1. The zero-order valence-corrected chi connectivity index (χ0v) is 15.7. The van der Waals surface area contributed by atoms with Crippen molar-refractivity contribution in [2.75, 3.05) is 38.5 Å². The molecule has 1 aromatic carbocycles. The first kappa shape index (κ1) is 16.9. The fraction of sp³-hybridized carbons (Fsp3) is 0.333. The zero-order chi connectivity index (χ0) is 16.4. The van der Waals surface area contributed by atoms with E-state index in [2.05, 4.69) is 27.1 Å². The quantitative estimate of drug-likeness (QED) is 0.786. The van der Waals surface area contributed by atoms with E-state index in [0.29, 0.717) is 10.0 Å². The third-order valence-corrected chi connectivity index (χ3v) is 5.58. The minimum absolute atomic E-state index is 0.527. The van der Waals surface area contributed by atoms with Crippen LogP contribution in [0.3, 0.4) is 0 Å². The first-order chi connectivity index (χ1) is 11.0. The first-order valence-electron chi connectivity index (χ1n) is 7.18. The summed E-state index contributed by atoms with van der Waals surface area (Å²) in [6, 6.07) is 5.51. The van der Waals surface area contributed by atoms with E-state index in [0.717, 1.165) is 47.7 Å². The second-order valence-electron chi connectivity index (χ2n) is 5.39. The molecule has 0 saturated carbocycles. The number of aromatic nitrogens is 1. The topological polar surface area (TPSA) is 31.4 Å². The van der Waals surface area contributed by atoms with Crippen LogP contribution in [-0.4, -0.2) is 53.1 Å². The normalized spacial score (nSPS) is 15.7. The Kier molecular flexibility index (Phi) is 5.38. The molecule has 2 aromatic rings. The van der Waals surface area contributed by atoms with Crippen molar-refractivity contribution in [3.63, 3.8) is 0 Å². The van der Waals surface area contributed by atoms with Crippen LogP contribution in [0.1, 0.15) is 0 Å². The van der Waals surface area contributed by atoms with Gasteiger partial charge >= 0.3 is 0 Å². The standard InChI is InChI=1S/C15H16Cl2N4S2/c1-20-4-6-21(7-5-20)15(22)19-14-18-13(9-23-14)10-2-3-11(16)12(17)8-10/h2-3,8-9H,4-7H2,1H3,(H,18,19,22). The van der Waals surface area contributed by atoms with E-state index in [-0.39, 0.29) is 0 Å². The van der Waals surface area contributed by atoms with Crippen LogP contribution in [0.4, 0.5) is 5.13 Å². The number of halogens is 2. The second kappa shape index (κ2) is 7.32. The highest BCUT2D eigenvalue weighted by atomic mass is 35.5. The van der Waals surface area contributed by atoms with Crippen LogP contribution in [0.15, 0.2) is 23.6 Å². The van der Waals surface area contributed by atoms with Gasteiger partial charge < -0.3 is 15.1 Å². The highest BCUT2D eigenvalue weighted by Gasteiger charge is 2.17. The predicted octanol–water partition coefficient (Wildman–Crippen LogP) is 4.06. The van der Waals surface area contributed by atoms with E-state index in [1.807, 2.05) is 17.5 Å². The van der Waals surface area contributed by atoms with Crippen LogP contribution in [0.2, 0.25) is 10.0 Å². The van der Waals surface area contributed by atoms with Gasteiger partial charge in [0.05, 0.1) is 15.7 Å². The molecule has 1 aliphatic rings. The highest BCUT2D eigenvalue weighted by molar-refractivity contribution is 7.80. The first-order valence-corrected chi connectivity index (χ1v) is 9.23. The summed E-state index contributed by atoms with van der Waals surface area (Å²) >= 11 is 19.0. The number of benzene rings is 1. The van der Waals surface area contributed by atoms with Gasteiger partial charge in [-0.2, -0.15) is 0 Å². The van der Waals surface area contributed by atoms with Gasteiger partial charge in [0, 0.05) is 37.1 Å². The Labute approximate surface area is 155 Å². The third-order valence-electron chi connectivity index (χ3n) is 3.72. The Morgan fingerprint density at radius 2 is 1.96 bits per heavy atom. The second-order valence-corrected chi connectivity index (χ2v) is 7.45. The molecule has 1 aromatic heterocycles. The molecule has 1 fully saturated rings. The molecule has 0 bridgehead atoms. The maximum absolute atomic E-state index is 6.06. The van der Waals surface area contributed by atoms with Gasteiger partial charge in [0.2, 0.25) is 0 Å². The summed E-state index contributed by atoms with van der Waals surface area (Å²) in [4.78, 5) is 9.05. The van der Waals surface area contributed by atoms with E-state index in [1.54, 1.807) is 6.07 Å². The molecule has 1 N–H and O–H groups in total. The largest absolute Gasteiger partial charge is 0.346 e. The van der Waals surface area contributed by atoms with Crippen LogP contribution < -0.4 is 5.32 Å². The van der Waals surface area contributed by atoms with Crippen molar-refractivity contribution in [3.8, 4) is 11.3 Å². The Morgan fingerprint density at radius 1 is 1.22 bits per heavy atom. The van der Waals surface area contributed by atoms with Gasteiger partial charge in [0.25, 0.3) is 0 Å². The Bertz CT molecular complexity index is 711. The van der Waals surface area contributed by atoms with E-state index < -0.39 is 0 Å². The van der Waals surface area contributed by atoms with Gasteiger partial charge in [-0.3, -0.25) is 0 Å². The fourth-order valence-electron chi connectivity index (χ4n) is 2.30. The molecular weight excluding hydrogens is 371 g/mol. The lowest BCUT2D eigenvalue weighted by Crippen LogP contribution is -2.48. The molecule has 3 rings (SSSR count). The molecule has 0 atom stereocenters. The summed E-state index contributed by atoms with van der Waals surface area (Å²) in [6.45, 7) is 3.92. The molecule has 8 heteroatoms. The molecule has 1 aliphatic heterocycles. The molecule has 122 valence electrons. The molecule has 0 radical (unpaired) electrons. The minimum Gasteiger partial charge on any atom is -0.346 e. The average molecular weight is 387 g/mol. The molecule has 2 heterocycles. The summed E-state index contributed by atoms with van der Waals surface area (Å²) in [5, 5.41) is 7.80. The van der Waals surface area contributed by atoms with E-state index >= 15 is 0 Å².